The molecule has 0 aliphatic heterocycles. The third-order valence-electron chi connectivity index (χ3n) is 2.89. The molecule has 0 spiro atoms. The van der Waals surface area contributed by atoms with Crippen LogP contribution in [0.2, 0.25) is 0 Å². The predicted molar refractivity (Wildman–Crippen MR) is 50.7 cm³/mol. The van der Waals surface area contributed by atoms with Crippen LogP contribution in [0.15, 0.2) is 0 Å². The van der Waals surface area contributed by atoms with Gasteiger partial charge >= 0.3 is 0 Å². The first kappa shape index (κ1) is 9.61. The lowest BCUT2D eigenvalue weighted by Crippen LogP contribution is -2.27. The van der Waals surface area contributed by atoms with Crippen LogP contribution >= 0.6 is 0 Å². The molecule has 68 valence electrons. The molecule has 0 amide bonds. The summed E-state index contributed by atoms with van der Waals surface area (Å²) >= 11 is 0. The molecule has 0 aromatic heterocycles. The number of aliphatic hydroxyl groups excluding tert-OH is 1. The van der Waals surface area contributed by atoms with Crippen LogP contribution in [0.4, 0.5) is 0 Å². The molecule has 1 fully saturated rings. The Morgan fingerprint density at radius 1 is 1.25 bits per heavy atom. The van der Waals surface area contributed by atoms with E-state index in [-0.39, 0.29) is 5.41 Å². The molecule has 1 nitrogen and oxygen atoms in total. The summed E-state index contributed by atoms with van der Waals surface area (Å²) in [5.74, 6) is 6.01. The summed E-state index contributed by atoms with van der Waals surface area (Å²) in [5.41, 5.74) is 0.154. The van der Waals surface area contributed by atoms with Crippen molar-refractivity contribution in [3.63, 3.8) is 0 Å². The minimum Gasteiger partial charge on any atom is -0.396 e. The fraction of sp³-hybridized carbons (Fsp3) is 0.818. The van der Waals surface area contributed by atoms with Crippen molar-refractivity contribution in [2.75, 3.05) is 6.61 Å². The van der Waals surface area contributed by atoms with Crippen molar-refractivity contribution in [3.05, 3.63) is 0 Å². The van der Waals surface area contributed by atoms with Gasteiger partial charge in [0, 0.05) is 18.4 Å². The smallest absolute Gasteiger partial charge is 0.0496 e. The Labute approximate surface area is 75.2 Å². The molecular formula is C11H18O. The van der Waals surface area contributed by atoms with Gasteiger partial charge in [0.2, 0.25) is 0 Å². The minimum absolute atomic E-state index is 0.154. The van der Waals surface area contributed by atoms with Crippen LogP contribution in [0.3, 0.4) is 0 Å². The summed E-state index contributed by atoms with van der Waals surface area (Å²) in [4.78, 5) is 0. The van der Waals surface area contributed by atoms with Crippen LogP contribution in [0, 0.1) is 17.3 Å². The Morgan fingerprint density at radius 2 is 1.92 bits per heavy atom. The Hall–Kier alpha value is -0.480. The largest absolute Gasteiger partial charge is 0.396 e. The quantitative estimate of drug-likeness (QED) is 0.624. The molecule has 1 saturated carbocycles. The Bertz CT molecular complexity index is 179. The van der Waals surface area contributed by atoms with Crippen molar-refractivity contribution in [2.24, 2.45) is 5.41 Å². The van der Waals surface area contributed by atoms with E-state index in [2.05, 4.69) is 11.8 Å². The molecule has 1 N–H and O–H groups in total. The molecule has 1 aliphatic carbocycles. The van der Waals surface area contributed by atoms with E-state index in [4.69, 9.17) is 0 Å². The monoisotopic (exact) mass is 166 g/mol. The average Bonchev–Trinajstić information content (AvgIpc) is 2.16. The highest BCUT2D eigenvalue weighted by Crippen LogP contribution is 2.38. The van der Waals surface area contributed by atoms with Crippen LogP contribution in [0.1, 0.15) is 45.4 Å². The van der Waals surface area contributed by atoms with Gasteiger partial charge in [-0.1, -0.05) is 19.3 Å². The standard InChI is InChI=1S/C11H18O/c1-2-3-7-11(10-12)8-5-4-6-9-11/h12H,4-10H2,1H3. The molecule has 1 heteroatoms. The summed E-state index contributed by atoms with van der Waals surface area (Å²) < 4.78 is 0. The average molecular weight is 166 g/mol. The van der Waals surface area contributed by atoms with E-state index in [1.54, 1.807) is 0 Å². The van der Waals surface area contributed by atoms with Gasteiger partial charge in [-0.25, -0.2) is 0 Å². The molecule has 0 radical (unpaired) electrons. The van der Waals surface area contributed by atoms with E-state index in [1.165, 1.54) is 19.3 Å². The van der Waals surface area contributed by atoms with Crippen molar-refractivity contribution in [3.8, 4) is 11.8 Å². The Morgan fingerprint density at radius 3 is 2.42 bits per heavy atom. The van der Waals surface area contributed by atoms with Crippen molar-refractivity contribution in [1.29, 1.82) is 0 Å². The van der Waals surface area contributed by atoms with Gasteiger partial charge in [0.05, 0.1) is 0 Å². The molecule has 0 heterocycles. The highest BCUT2D eigenvalue weighted by atomic mass is 16.3. The number of hydrogen-bond acceptors (Lipinski definition) is 1. The van der Waals surface area contributed by atoms with Crippen molar-refractivity contribution in [2.45, 2.75) is 45.4 Å². The number of hydrogen-bond donors (Lipinski definition) is 1. The zero-order valence-corrected chi connectivity index (χ0v) is 7.90. The third kappa shape index (κ3) is 2.25. The van der Waals surface area contributed by atoms with Crippen LogP contribution in [0.25, 0.3) is 0 Å². The van der Waals surface area contributed by atoms with Crippen LogP contribution in [-0.4, -0.2) is 11.7 Å². The van der Waals surface area contributed by atoms with Crippen LogP contribution in [-0.2, 0) is 0 Å². The van der Waals surface area contributed by atoms with Gasteiger partial charge in [0.1, 0.15) is 0 Å². The lowest BCUT2D eigenvalue weighted by Gasteiger charge is -2.33. The lowest BCUT2D eigenvalue weighted by atomic mass is 9.72. The van der Waals surface area contributed by atoms with Crippen molar-refractivity contribution >= 4 is 0 Å². The maximum Gasteiger partial charge on any atom is 0.0496 e. The third-order valence-corrected chi connectivity index (χ3v) is 2.89. The molecule has 0 atom stereocenters. The zero-order chi connectivity index (χ0) is 8.86. The molecule has 0 aromatic rings. The fourth-order valence-electron chi connectivity index (χ4n) is 1.97. The summed E-state index contributed by atoms with van der Waals surface area (Å²) in [6, 6.07) is 0. The number of rotatable bonds is 2. The van der Waals surface area contributed by atoms with Gasteiger partial charge in [-0.3, -0.25) is 0 Å². The highest BCUT2D eigenvalue weighted by Gasteiger charge is 2.30. The Balaban J connectivity index is 2.51. The van der Waals surface area contributed by atoms with Crippen molar-refractivity contribution in [1.82, 2.24) is 0 Å². The first-order valence-corrected chi connectivity index (χ1v) is 4.83. The maximum atomic E-state index is 9.30. The van der Waals surface area contributed by atoms with Gasteiger partial charge in [0.25, 0.3) is 0 Å². The second-order valence-electron chi connectivity index (χ2n) is 3.82. The normalized spacial score (nSPS) is 21.2. The summed E-state index contributed by atoms with van der Waals surface area (Å²) in [5, 5.41) is 9.30. The molecule has 0 aromatic carbocycles. The summed E-state index contributed by atoms with van der Waals surface area (Å²) in [6.45, 7) is 2.19. The minimum atomic E-state index is 0.154. The molecule has 1 rings (SSSR count). The van der Waals surface area contributed by atoms with Crippen LogP contribution in [0.5, 0.6) is 0 Å². The highest BCUT2D eigenvalue weighted by molar-refractivity contribution is 5.01. The first-order valence-electron chi connectivity index (χ1n) is 4.83. The van der Waals surface area contributed by atoms with Crippen molar-refractivity contribution < 1.29 is 5.11 Å². The summed E-state index contributed by atoms with van der Waals surface area (Å²) in [6.07, 6.45) is 7.09. The van der Waals surface area contributed by atoms with E-state index in [1.807, 2.05) is 6.92 Å². The molecular weight excluding hydrogens is 148 g/mol. The first-order chi connectivity index (χ1) is 5.83. The second-order valence-corrected chi connectivity index (χ2v) is 3.82. The topological polar surface area (TPSA) is 20.2 Å². The van der Waals surface area contributed by atoms with Gasteiger partial charge in [-0.15, -0.1) is 11.8 Å². The predicted octanol–water partition coefficient (Wildman–Crippen LogP) is 2.34. The molecule has 12 heavy (non-hydrogen) atoms. The lowest BCUT2D eigenvalue weighted by molar-refractivity contribution is 0.0870. The van der Waals surface area contributed by atoms with E-state index in [9.17, 15) is 5.11 Å². The Kier molecular flexibility index (Phi) is 3.62. The van der Waals surface area contributed by atoms with E-state index >= 15 is 0 Å². The molecule has 0 unspecified atom stereocenters. The van der Waals surface area contributed by atoms with Gasteiger partial charge in [0.15, 0.2) is 0 Å². The molecule has 0 saturated heterocycles. The maximum absolute atomic E-state index is 9.30. The van der Waals surface area contributed by atoms with Gasteiger partial charge < -0.3 is 5.11 Å². The molecule has 1 aliphatic rings. The zero-order valence-electron chi connectivity index (χ0n) is 7.90. The fourth-order valence-corrected chi connectivity index (χ4v) is 1.97. The second kappa shape index (κ2) is 4.52. The van der Waals surface area contributed by atoms with E-state index in [0.29, 0.717) is 6.61 Å². The summed E-state index contributed by atoms with van der Waals surface area (Å²) in [7, 11) is 0. The van der Waals surface area contributed by atoms with E-state index in [0.717, 1.165) is 19.3 Å². The molecule has 0 bridgehead atoms. The van der Waals surface area contributed by atoms with Crippen LogP contribution < -0.4 is 0 Å². The van der Waals surface area contributed by atoms with E-state index < -0.39 is 0 Å². The van der Waals surface area contributed by atoms with Gasteiger partial charge in [-0.05, 0) is 19.8 Å². The SMILES string of the molecule is CC#CCC1(CO)CCCCC1. The van der Waals surface area contributed by atoms with Gasteiger partial charge in [-0.2, -0.15) is 0 Å². The number of aliphatic hydroxyl groups is 1.